The maximum atomic E-state index is 12.2. The van der Waals surface area contributed by atoms with Gasteiger partial charge >= 0.3 is 0 Å². The summed E-state index contributed by atoms with van der Waals surface area (Å²) in [4.78, 5) is 26.0. The number of rotatable bonds is 9. The average molecular weight is 335 g/mol. The van der Waals surface area contributed by atoms with E-state index in [1.807, 2.05) is 26.0 Å². The predicted molar refractivity (Wildman–Crippen MR) is 96.2 cm³/mol. The van der Waals surface area contributed by atoms with E-state index in [2.05, 4.69) is 24.5 Å². The van der Waals surface area contributed by atoms with Crippen molar-refractivity contribution in [2.75, 3.05) is 32.1 Å². The van der Waals surface area contributed by atoms with Gasteiger partial charge in [0.2, 0.25) is 11.8 Å². The van der Waals surface area contributed by atoms with Gasteiger partial charge in [-0.2, -0.15) is 0 Å². The predicted octanol–water partition coefficient (Wildman–Crippen LogP) is 2.12. The summed E-state index contributed by atoms with van der Waals surface area (Å²) >= 11 is 0. The van der Waals surface area contributed by atoms with Gasteiger partial charge in [-0.3, -0.25) is 14.5 Å². The highest BCUT2D eigenvalue weighted by molar-refractivity contribution is 5.92. The molecule has 0 aromatic heterocycles. The summed E-state index contributed by atoms with van der Waals surface area (Å²) in [6.07, 6.45) is 0. The molecule has 0 radical (unpaired) electrons. The minimum Gasteiger partial charge on any atom is -0.497 e. The molecular weight excluding hydrogens is 306 g/mol. The zero-order valence-corrected chi connectivity index (χ0v) is 15.3. The van der Waals surface area contributed by atoms with E-state index in [4.69, 9.17) is 4.74 Å². The molecule has 24 heavy (non-hydrogen) atoms. The van der Waals surface area contributed by atoms with Crippen molar-refractivity contribution in [1.82, 2.24) is 10.2 Å². The van der Waals surface area contributed by atoms with Crippen molar-refractivity contribution in [3.05, 3.63) is 24.3 Å². The summed E-state index contributed by atoms with van der Waals surface area (Å²) in [5.74, 6) is 0.838. The third kappa shape index (κ3) is 7.00. The van der Waals surface area contributed by atoms with Gasteiger partial charge in [0.1, 0.15) is 5.75 Å². The molecule has 0 aliphatic heterocycles. The van der Waals surface area contributed by atoms with E-state index in [1.54, 1.807) is 24.1 Å². The molecule has 1 aromatic carbocycles. The minimum atomic E-state index is -0.158. The molecule has 0 saturated carbocycles. The van der Waals surface area contributed by atoms with Crippen LogP contribution in [0.25, 0.3) is 0 Å². The van der Waals surface area contributed by atoms with Crippen LogP contribution in [0.2, 0.25) is 0 Å². The molecule has 1 aromatic rings. The summed E-state index contributed by atoms with van der Waals surface area (Å²) < 4.78 is 5.13. The first kappa shape index (κ1) is 20.0. The van der Waals surface area contributed by atoms with Gasteiger partial charge in [0.05, 0.1) is 20.2 Å². The first-order valence-corrected chi connectivity index (χ1v) is 8.31. The molecule has 2 N–H and O–H groups in total. The summed E-state index contributed by atoms with van der Waals surface area (Å²) in [6, 6.07) is 7.29. The number of anilines is 1. The average Bonchev–Trinajstić information content (AvgIpc) is 2.53. The molecule has 0 saturated heterocycles. The number of methoxy groups -OCH3 is 1. The number of ether oxygens (including phenoxy) is 1. The third-order valence-corrected chi connectivity index (χ3v) is 3.92. The van der Waals surface area contributed by atoms with Gasteiger partial charge in [-0.25, -0.2) is 0 Å². The molecule has 0 aliphatic rings. The molecule has 0 spiro atoms. The fourth-order valence-electron chi connectivity index (χ4n) is 2.05. The lowest BCUT2D eigenvalue weighted by Gasteiger charge is -2.22. The number of carbonyl (C=O) groups excluding carboxylic acids is 2. The second kappa shape index (κ2) is 9.93. The Morgan fingerprint density at radius 1 is 1.17 bits per heavy atom. The third-order valence-electron chi connectivity index (χ3n) is 3.92. The van der Waals surface area contributed by atoms with Crippen LogP contribution in [0.5, 0.6) is 5.75 Å². The number of carbonyl (C=O) groups is 2. The van der Waals surface area contributed by atoms with E-state index >= 15 is 0 Å². The second-order valence-electron chi connectivity index (χ2n) is 6.18. The largest absolute Gasteiger partial charge is 0.497 e. The number of likely N-dealkylation sites (N-methyl/N-ethyl adjacent to an activating group) is 1. The Morgan fingerprint density at radius 3 is 2.42 bits per heavy atom. The van der Waals surface area contributed by atoms with Crippen LogP contribution in [0.4, 0.5) is 5.69 Å². The van der Waals surface area contributed by atoms with Crippen molar-refractivity contribution >= 4 is 17.5 Å². The molecule has 1 atom stereocenters. The van der Waals surface area contributed by atoms with Gasteiger partial charge in [-0.15, -0.1) is 0 Å². The van der Waals surface area contributed by atoms with Crippen LogP contribution in [0, 0.1) is 5.92 Å². The molecule has 0 heterocycles. The van der Waals surface area contributed by atoms with Gasteiger partial charge in [0.25, 0.3) is 0 Å². The first-order chi connectivity index (χ1) is 11.3. The quantitative estimate of drug-likeness (QED) is 0.725. The number of nitrogens with one attached hydrogen (secondary N) is 2. The van der Waals surface area contributed by atoms with Crippen LogP contribution in [0.3, 0.4) is 0 Å². The highest BCUT2D eigenvalue weighted by atomic mass is 16.5. The summed E-state index contributed by atoms with van der Waals surface area (Å²) in [5.41, 5.74) is 0.674. The van der Waals surface area contributed by atoms with Crippen LogP contribution in [-0.2, 0) is 9.59 Å². The van der Waals surface area contributed by atoms with Crippen molar-refractivity contribution in [3.63, 3.8) is 0 Å². The smallest absolute Gasteiger partial charge is 0.238 e. The van der Waals surface area contributed by atoms with Crippen LogP contribution in [0.15, 0.2) is 24.3 Å². The molecule has 0 fully saturated rings. The lowest BCUT2D eigenvalue weighted by molar-refractivity contribution is -0.124. The number of nitrogens with zero attached hydrogens (tertiary/aromatic N) is 1. The number of hydrogen-bond donors (Lipinski definition) is 2. The standard InChI is InChI=1S/C18H29N3O3/c1-6-21(11-17(22)19-14(4)13(2)3)12-18(23)20-15-8-7-9-16(10-15)24-5/h7-10,13-14H,6,11-12H2,1-5H3,(H,19,22)(H,20,23)/t14-/m1/s1. The molecule has 6 nitrogen and oxygen atoms in total. The molecule has 1 rings (SSSR count). The molecule has 0 unspecified atom stereocenters. The Hall–Kier alpha value is -2.08. The zero-order valence-electron chi connectivity index (χ0n) is 15.3. The normalized spacial score (nSPS) is 12.1. The van der Waals surface area contributed by atoms with Gasteiger partial charge < -0.3 is 15.4 Å². The van der Waals surface area contributed by atoms with Gasteiger partial charge in [-0.05, 0) is 31.5 Å². The summed E-state index contributed by atoms with van der Waals surface area (Å²) in [5, 5.41) is 5.77. The van der Waals surface area contributed by atoms with Crippen molar-refractivity contribution in [1.29, 1.82) is 0 Å². The van der Waals surface area contributed by atoms with E-state index in [0.29, 0.717) is 23.9 Å². The molecule has 6 heteroatoms. The molecule has 0 bridgehead atoms. The topological polar surface area (TPSA) is 70.7 Å². The summed E-state index contributed by atoms with van der Waals surface area (Å²) in [6.45, 7) is 9.02. The van der Waals surface area contributed by atoms with Crippen molar-refractivity contribution in [3.8, 4) is 5.75 Å². The van der Waals surface area contributed by atoms with Gasteiger partial charge in [-0.1, -0.05) is 26.8 Å². The van der Waals surface area contributed by atoms with E-state index in [-0.39, 0.29) is 30.9 Å². The fourth-order valence-corrected chi connectivity index (χ4v) is 2.05. The van der Waals surface area contributed by atoms with Crippen molar-refractivity contribution in [2.24, 2.45) is 5.92 Å². The first-order valence-electron chi connectivity index (χ1n) is 8.31. The van der Waals surface area contributed by atoms with Crippen LogP contribution < -0.4 is 15.4 Å². The molecule has 0 aliphatic carbocycles. The zero-order chi connectivity index (χ0) is 18.1. The van der Waals surface area contributed by atoms with E-state index in [9.17, 15) is 9.59 Å². The van der Waals surface area contributed by atoms with Crippen LogP contribution >= 0.6 is 0 Å². The van der Waals surface area contributed by atoms with Crippen LogP contribution in [0.1, 0.15) is 27.7 Å². The Morgan fingerprint density at radius 2 is 1.83 bits per heavy atom. The molecule has 2 amide bonds. The minimum absolute atomic E-state index is 0.0627. The maximum Gasteiger partial charge on any atom is 0.238 e. The van der Waals surface area contributed by atoms with Gasteiger partial charge in [0, 0.05) is 17.8 Å². The SMILES string of the molecule is CCN(CC(=O)Nc1cccc(OC)c1)CC(=O)N[C@H](C)C(C)C. The monoisotopic (exact) mass is 335 g/mol. The van der Waals surface area contributed by atoms with E-state index < -0.39 is 0 Å². The lowest BCUT2D eigenvalue weighted by Crippen LogP contribution is -2.44. The Balaban J connectivity index is 2.51. The number of hydrogen-bond acceptors (Lipinski definition) is 4. The highest BCUT2D eigenvalue weighted by Crippen LogP contribution is 2.16. The maximum absolute atomic E-state index is 12.2. The van der Waals surface area contributed by atoms with E-state index in [1.165, 1.54) is 0 Å². The second-order valence-corrected chi connectivity index (χ2v) is 6.18. The van der Waals surface area contributed by atoms with Gasteiger partial charge in [0.15, 0.2) is 0 Å². The number of benzene rings is 1. The van der Waals surface area contributed by atoms with E-state index in [0.717, 1.165) is 0 Å². The Bertz CT molecular complexity index is 546. The lowest BCUT2D eigenvalue weighted by atomic mass is 10.1. The summed E-state index contributed by atoms with van der Waals surface area (Å²) in [7, 11) is 1.58. The molecule has 134 valence electrons. The number of amides is 2. The fraction of sp³-hybridized carbons (Fsp3) is 0.556. The van der Waals surface area contributed by atoms with Crippen molar-refractivity contribution in [2.45, 2.75) is 33.7 Å². The van der Waals surface area contributed by atoms with Crippen LogP contribution in [-0.4, -0.2) is 49.5 Å². The Kier molecular flexibility index (Phi) is 8.26. The highest BCUT2D eigenvalue weighted by Gasteiger charge is 2.16. The van der Waals surface area contributed by atoms with Crippen molar-refractivity contribution < 1.29 is 14.3 Å². The molecular formula is C18H29N3O3. The Labute approximate surface area is 144 Å².